The number of rotatable bonds is 3. The summed E-state index contributed by atoms with van der Waals surface area (Å²) in [6.07, 6.45) is 4.04. The van der Waals surface area contributed by atoms with E-state index >= 15 is 0 Å². The summed E-state index contributed by atoms with van der Waals surface area (Å²) < 4.78 is 14.9. The van der Waals surface area contributed by atoms with Crippen LogP contribution in [0.3, 0.4) is 0 Å². The molecule has 0 aromatic heterocycles. The molecular formula is C9H14O4. The first-order valence-electron chi connectivity index (χ1n) is 4.23. The predicted molar refractivity (Wildman–Crippen MR) is 46.1 cm³/mol. The smallest absolute Gasteiger partial charge is 0.334 e. The highest BCUT2D eigenvalue weighted by Gasteiger charge is 2.18. The van der Waals surface area contributed by atoms with Crippen molar-refractivity contribution in [3.05, 3.63) is 12.2 Å². The van der Waals surface area contributed by atoms with E-state index in [4.69, 9.17) is 9.47 Å². The molecule has 0 saturated heterocycles. The maximum absolute atomic E-state index is 11.0. The Morgan fingerprint density at radius 1 is 1.69 bits per heavy atom. The van der Waals surface area contributed by atoms with E-state index in [0.29, 0.717) is 6.42 Å². The topological polar surface area (TPSA) is 44.8 Å². The summed E-state index contributed by atoms with van der Waals surface area (Å²) in [5.41, 5.74) is 0. The van der Waals surface area contributed by atoms with Crippen molar-refractivity contribution >= 4 is 5.97 Å². The van der Waals surface area contributed by atoms with Gasteiger partial charge >= 0.3 is 5.97 Å². The van der Waals surface area contributed by atoms with Gasteiger partial charge in [0.1, 0.15) is 6.61 Å². The third-order valence-corrected chi connectivity index (χ3v) is 1.63. The lowest BCUT2D eigenvalue weighted by Crippen LogP contribution is -2.28. The summed E-state index contributed by atoms with van der Waals surface area (Å²) >= 11 is 0. The van der Waals surface area contributed by atoms with Crippen molar-refractivity contribution in [2.24, 2.45) is 0 Å². The van der Waals surface area contributed by atoms with Gasteiger partial charge in [0.05, 0.1) is 6.10 Å². The molecule has 0 aliphatic carbocycles. The quantitative estimate of drug-likeness (QED) is 0.484. The van der Waals surface area contributed by atoms with Crippen LogP contribution in [0.5, 0.6) is 0 Å². The maximum atomic E-state index is 11.0. The number of ether oxygens (including phenoxy) is 3. The fourth-order valence-corrected chi connectivity index (χ4v) is 1.10. The van der Waals surface area contributed by atoms with Gasteiger partial charge in [-0.15, -0.1) is 0 Å². The van der Waals surface area contributed by atoms with Crippen molar-refractivity contribution in [3.8, 4) is 0 Å². The summed E-state index contributed by atoms with van der Waals surface area (Å²) in [4.78, 5) is 11.0. The molecule has 0 aromatic rings. The van der Waals surface area contributed by atoms with Crippen molar-refractivity contribution < 1.29 is 19.0 Å². The summed E-state index contributed by atoms with van der Waals surface area (Å²) in [6.45, 7) is 1.87. The van der Waals surface area contributed by atoms with Crippen molar-refractivity contribution in [1.29, 1.82) is 0 Å². The van der Waals surface area contributed by atoms with Gasteiger partial charge in [0, 0.05) is 13.5 Å². The van der Waals surface area contributed by atoms with Gasteiger partial charge in [0.15, 0.2) is 0 Å². The molecule has 0 amide bonds. The highest BCUT2D eigenvalue weighted by atomic mass is 16.7. The molecule has 13 heavy (non-hydrogen) atoms. The van der Waals surface area contributed by atoms with Gasteiger partial charge in [-0.25, -0.2) is 4.79 Å². The lowest BCUT2D eigenvalue weighted by Gasteiger charge is -2.23. The van der Waals surface area contributed by atoms with E-state index in [0.717, 1.165) is 0 Å². The lowest BCUT2D eigenvalue weighted by molar-refractivity contribution is -0.188. The van der Waals surface area contributed by atoms with Gasteiger partial charge in [-0.2, -0.15) is 0 Å². The summed E-state index contributed by atoms with van der Waals surface area (Å²) in [5.74, 6) is -0.394. The second-order valence-electron chi connectivity index (χ2n) is 2.86. The molecule has 0 N–H and O–H groups in total. The van der Waals surface area contributed by atoms with Crippen molar-refractivity contribution in [2.75, 3.05) is 13.7 Å². The molecule has 74 valence electrons. The molecule has 0 unspecified atom stereocenters. The molecule has 0 fully saturated rings. The predicted octanol–water partition coefficient (Wildman–Crippen LogP) is 0.867. The van der Waals surface area contributed by atoms with Crippen LogP contribution in [0, 0.1) is 0 Å². The standard InChI is InChI=1S/C9H14O4/c1-7-4-3-5-9(12-7)13-8(10)6-11-2/h3-4,7,9H,5-6H2,1-2H3/t7-,9-/m0/s1. The van der Waals surface area contributed by atoms with Gasteiger partial charge in [-0.1, -0.05) is 12.2 Å². The van der Waals surface area contributed by atoms with Crippen LogP contribution in [-0.4, -0.2) is 32.1 Å². The van der Waals surface area contributed by atoms with E-state index in [1.165, 1.54) is 7.11 Å². The minimum Gasteiger partial charge on any atom is -0.434 e. The Kier molecular flexibility index (Phi) is 3.92. The van der Waals surface area contributed by atoms with Gasteiger partial charge in [0.2, 0.25) is 6.29 Å². The first-order chi connectivity index (χ1) is 6.22. The zero-order chi connectivity index (χ0) is 9.68. The van der Waals surface area contributed by atoms with Crippen molar-refractivity contribution in [3.63, 3.8) is 0 Å². The third-order valence-electron chi connectivity index (χ3n) is 1.63. The van der Waals surface area contributed by atoms with E-state index in [2.05, 4.69) is 4.74 Å². The Bertz CT molecular complexity index is 200. The Hall–Kier alpha value is -0.870. The van der Waals surface area contributed by atoms with E-state index < -0.39 is 12.3 Å². The molecule has 4 nitrogen and oxygen atoms in total. The summed E-state index contributed by atoms with van der Waals surface area (Å²) in [7, 11) is 1.45. The molecule has 1 rings (SSSR count). The van der Waals surface area contributed by atoms with E-state index in [1.807, 2.05) is 19.1 Å². The monoisotopic (exact) mass is 186 g/mol. The molecule has 0 radical (unpaired) electrons. The van der Waals surface area contributed by atoms with Crippen molar-refractivity contribution in [2.45, 2.75) is 25.7 Å². The number of hydrogen-bond acceptors (Lipinski definition) is 4. The molecule has 0 saturated carbocycles. The average molecular weight is 186 g/mol. The van der Waals surface area contributed by atoms with Gasteiger partial charge < -0.3 is 14.2 Å². The second-order valence-corrected chi connectivity index (χ2v) is 2.86. The molecule has 2 atom stereocenters. The fraction of sp³-hybridized carbons (Fsp3) is 0.667. The lowest BCUT2D eigenvalue weighted by atomic mass is 10.2. The summed E-state index contributed by atoms with van der Waals surface area (Å²) in [5, 5.41) is 0. The fourth-order valence-electron chi connectivity index (χ4n) is 1.10. The molecular weight excluding hydrogens is 172 g/mol. The minimum atomic E-state index is -0.456. The van der Waals surface area contributed by atoms with Gasteiger partial charge in [-0.05, 0) is 6.92 Å². The normalized spacial score (nSPS) is 27.2. The van der Waals surface area contributed by atoms with Crippen LogP contribution in [0.1, 0.15) is 13.3 Å². The molecule has 0 aromatic carbocycles. The number of carbonyl (C=O) groups excluding carboxylic acids is 1. The highest BCUT2D eigenvalue weighted by molar-refractivity contribution is 5.70. The number of esters is 1. The van der Waals surface area contributed by atoms with Crippen LogP contribution >= 0.6 is 0 Å². The van der Waals surface area contributed by atoms with Gasteiger partial charge in [0.25, 0.3) is 0 Å². The average Bonchev–Trinajstić information content (AvgIpc) is 2.04. The van der Waals surface area contributed by atoms with Crippen LogP contribution in [-0.2, 0) is 19.0 Å². The largest absolute Gasteiger partial charge is 0.434 e. The first kappa shape index (κ1) is 10.2. The Labute approximate surface area is 77.5 Å². The van der Waals surface area contributed by atoms with E-state index in [1.54, 1.807) is 0 Å². The zero-order valence-electron chi connectivity index (χ0n) is 7.86. The third kappa shape index (κ3) is 3.57. The van der Waals surface area contributed by atoms with Crippen LogP contribution in [0.2, 0.25) is 0 Å². The molecule has 1 heterocycles. The SMILES string of the molecule is COCC(=O)O[C@H]1CC=C[C@H](C)O1. The number of methoxy groups -OCH3 is 1. The molecule has 1 aliphatic rings. The Morgan fingerprint density at radius 3 is 3.08 bits per heavy atom. The van der Waals surface area contributed by atoms with Gasteiger partial charge in [-0.3, -0.25) is 0 Å². The van der Waals surface area contributed by atoms with Crippen LogP contribution in [0.15, 0.2) is 12.2 Å². The maximum Gasteiger partial charge on any atom is 0.334 e. The zero-order valence-corrected chi connectivity index (χ0v) is 7.86. The number of carbonyl (C=O) groups is 1. The molecule has 0 bridgehead atoms. The number of hydrogen-bond donors (Lipinski definition) is 0. The Morgan fingerprint density at radius 2 is 2.46 bits per heavy atom. The molecule has 1 aliphatic heterocycles. The van der Waals surface area contributed by atoms with Crippen molar-refractivity contribution in [1.82, 2.24) is 0 Å². The molecule has 4 heteroatoms. The Balaban J connectivity index is 2.29. The van der Waals surface area contributed by atoms with Crippen LogP contribution in [0.4, 0.5) is 0 Å². The highest BCUT2D eigenvalue weighted by Crippen LogP contribution is 2.12. The first-order valence-corrected chi connectivity index (χ1v) is 4.23. The minimum absolute atomic E-state index is 0.00842. The molecule has 0 spiro atoms. The van der Waals surface area contributed by atoms with E-state index in [9.17, 15) is 4.79 Å². The van der Waals surface area contributed by atoms with Crippen LogP contribution in [0.25, 0.3) is 0 Å². The summed E-state index contributed by atoms with van der Waals surface area (Å²) in [6, 6.07) is 0. The van der Waals surface area contributed by atoms with Crippen LogP contribution < -0.4 is 0 Å². The van der Waals surface area contributed by atoms with E-state index in [-0.39, 0.29) is 12.7 Å². The second kappa shape index (κ2) is 4.99.